The average molecular weight is 213 g/mol. The number of carbonyl (C=O) groups is 1. The maximum atomic E-state index is 10.4. The highest BCUT2D eigenvalue weighted by Crippen LogP contribution is 2.18. The first-order valence-electron chi connectivity index (χ1n) is 4.75. The van der Waals surface area contributed by atoms with Crippen LogP contribution in [0.5, 0.6) is 0 Å². The van der Waals surface area contributed by atoms with Crippen LogP contribution in [0.1, 0.15) is 25.5 Å². The molecular weight excluding hydrogens is 198 g/mol. The van der Waals surface area contributed by atoms with E-state index in [0.717, 1.165) is 16.5 Å². The van der Waals surface area contributed by atoms with Crippen LogP contribution in [-0.4, -0.2) is 21.8 Å². The Labute approximate surface area is 87.9 Å². The van der Waals surface area contributed by atoms with E-state index in [-0.39, 0.29) is 6.42 Å². The van der Waals surface area contributed by atoms with Gasteiger partial charge in [-0.05, 0) is 24.3 Å². The normalized spacial score (nSPS) is 10.4. The molecule has 0 saturated heterocycles. The van der Waals surface area contributed by atoms with E-state index in [0.29, 0.717) is 0 Å². The van der Waals surface area contributed by atoms with Gasteiger partial charge in [-0.25, -0.2) is 0 Å². The Morgan fingerprint density at radius 3 is 3.00 bits per heavy atom. The molecular formula is C10H15NO2S. The lowest BCUT2D eigenvalue weighted by Gasteiger charge is -1.96. The van der Waals surface area contributed by atoms with Crippen molar-refractivity contribution in [2.24, 2.45) is 0 Å². The zero-order valence-corrected chi connectivity index (χ0v) is 9.06. The molecule has 3 nitrogen and oxygen atoms in total. The largest absolute Gasteiger partial charge is 0.481 e. The molecule has 0 unspecified atom stereocenters. The third-order valence-electron chi connectivity index (χ3n) is 1.82. The zero-order chi connectivity index (χ0) is 10.4. The van der Waals surface area contributed by atoms with Gasteiger partial charge in [0.2, 0.25) is 0 Å². The van der Waals surface area contributed by atoms with Gasteiger partial charge in [0.05, 0.1) is 11.4 Å². The predicted octanol–water partition coefficient (Wildman–Crippen LogP) is 2.53. The van der Waals surface area contributed by atoms with Crippen molar-refractivity contribution in [3.63, 3.8) is 0 Å². The molecule has 0 aliphatic rings. The Hall–Kier alpha value is -0.900. The first kappa shape index (κ1) is 11.2. The van der Waals surface area contributed by atoms with Crippen LogP contribution in [0.3, 0.4) is 0 Å². The molecule has 0 aromatic carbocycles. The summed E-state index contributed by atoms with van der Waals surface area (Å²) in [6.07, 6.45) is 2.46. The Bertz CT molecular complexity index is 296. The molecule has 4 heteroatoms. The van der Waals surface area contributed by atoms with Gasteiger partial charge < -0.3 is 10.1 Å². The van der Waals surface area contributed by atoms with E-state index in [1.165, 1.54) is 12.8 Å². The molecule has 0 saturated carbocycles. The molecule has 1 rings (SSSR count). The van der Waals surface area contributed by atoms with Gasteiger partial charge in [-0.1, -0.05) is 13.3 Å². The lowest BCUT2D eigenvalue weighted by atomic mass is 10.3. The summed E-state index contributed by atoms with van der Waals surface area (Å²) in [5.41, 5.74) is 0.775. The van der Waals surface area contributed by atoms with Gasteiger partial charge in [0.1, 0.15) is 0 Å². The molecule has 1 aromatic rings. The summed E-state index contributed by atoms with van der Waals surface area (Å²) in [5.74, 6) is 0.292. The van der Waals surface area contributed by atoms with Crippen molar-refractivity contribution in [1.82, 2.24) is 4.98 Å². The Morgan fingerprint density at radius 1 is 1.57 bits per heavy atom. The first-order valence-corrected chi connectivity index (χ1v) is 5.73. The maximum absolute atomic E-state index is 10.4. The molecule has 0 spiro atoms. The molecule has 1 heterocycles. The summed E-state index contributed by atoms with van der Waals surface area (Å²) in [6.45, 7) is 2.16. The van der Waals surface area contributed by atoms with Crippen molar-refractivity contribution in [2.75, 3.05) is 5.75 Å². The fourth-order valence-electron chi connectivity index (χ4n) is 1.09. The summed E-state index contributed by atoms with van der Waals surface area (Å²) in [4.78, 5) is 13.5. The minimum absolute atomic E-state index is 0.0777. The number of thioether (sulfide) groups is 1. The van der Waals surface area contributed by atoms with Gasteiger partial charge in [0.15, 0.2) is 0 Å². The van der Waals surface area contributed by atoms with Crippen molar-refractivity contribution in [1.29, 1.82) is 0 Å². The SMILES string of the molecule is CCCCSc1ccc(CC(=O)O)[nH]1. The van der Waals surface area contributed by atoms with Crippen LogP contribution in [-0.2, 0) is 11.2 Å². The molecule has 0 aliphatic heterocycles. The lowest BCUT2D eigenvalue weighted by molar-refractivity contribution is -0.136. The van der Waals surface area contributed by atoms with Crippen LogP contribution in [0, 0.1) is 0 Å². The Morgan fingerprint density at radius 2 is 2.36 bits per heavy atom. The minimum atomic E-state index is -0.794. The van der Waals surface area contributed by atoms with Crippen molar-refractivity contribution in [2.45, 2.75) is 31.2 Å². The number of hydrogen-bond donors (Lipinski definition) is 2. The summed E-state index contributed by atoms with van der Waals surface area (Å²) in [5, 5.41) is 9.63. The monoisotopic (exact) mass is 213 g/mol. The van der Waals surface area contributed by atoms with Crippen molar-refractivity contribution in [3.8, 4) is 0 Å². The van der Waals surface area contributed by atoms with E-state index < -0.39 is 5.97 Å². The van der Waals surface area contributed by atoms with Crippen LogP contribution in [0.2, 0.25) is 0 Å². The molecule has 0 atom stereocenters. The molecule has 0 bridgehead atoms. The number of rotatable bonds is 6. The lowest BCUT2D eigenvalue weighted by Crippen LogP contribution is -1.99. The quantitative estimate of drug-likeness (QED) is 0.564. The summed E-state index contributed by atoms with van der Waals surface area (Å²) in [7, 11) is 0. The molecule has 1 aromatic heterocycles. The molecule has 0 radical (unpaired) electrons. The van der Waals surface area contributed by atoms with Gasteiger partial charge in [0.25, 0.3) is 0 Å². The van der Waals surface area contributed by atoms with Crippen LogP contribution < -0.4 is 0 Å². The number of nitrogens with one attached hydrogen (secondary N) is 1. The van der Waals surface area contributed by atoms with E-state index in [9.17, 15) is 4.79 Å². The van der Waals surface area contributed by atoms with Crippen LogP contribution in [0.15, 0.2) is 17.2 Å². The van der Waals surface area contributed by atoms with Gasteiger partial charge in [-0.2, -0.15) is 0 Å². The van der Waals surface area contributed by atoms with Crippen LogP contribution in [0.25, 0.3) is 0 Å². The van der Waals surface area contributed by atoms with E-state index in [1.807, 2.05) is 12.1 Å². The molecule has 14 heavy (non-hydrogen) atoms. The second-order valence-electron chi connectivity index (χ2n) is 3.12. The number of aliphatic carboxylic acids is 1. The fraction of sp³-hybridized carbons (Fsp3) is 0.500. The number of H-pyrrole nitrogens is 1. The van der Waals surface area contributed by atoms with Gasteiger partial charge in [0, 0.05) is 5.69 Å². The van der Waals surface area contributed by atoms with Crippen LogP contribution in [0.4, 0.5) is 0 Å². The molecule has 0 aliphatic carbocycles. The highest BCUT2D eigenvalue weighted by atomic mass is 32.2. The third kappa shape index (κ3) is 3.87. The summed E-state index contributed by atoms with van der Waals surface area (Å²) in [6, 6.07) is 3.78. The predicted molar refractivity (Wildman–Crippen MR) is 57.8 cm³/mol. The number of aromatic amines is 1. The number of hydrogen-bond acceptors (Lipinski definition) is 2. The smallest absolute Gasteiger partial charge is 0.309 e. The van der Waals surface area contributed by atoms with Gasteiger partial charge >= 0.3 is 5.97 Å². The topological polar surface area (TPSA) is 53.1 Å². The fourth-order valence-corrected chi connectivity index (χ4v) is 2.12. The van der Waals surface area contributed by atoms with Gasteiger partial charge in [-0.15, -0.1) is 11.8 Å². The summed E-state index contributed by atoms with van der Waals surface area (Å²) >= 11 is 1.74. The Balaban J connectivity index is 2.38. The highest BCUT2D eigenvalue weighted by Gasteiger charge is 2.03. The minimum Gasteiger partial charge on any atom is -0.481 e. The molecule has 0 fully saturated rings. The van der Waals surface area contributed by atoms with Crippen molar-refractivity contribution < 1.29 is 9.90 Å². The number of carboxylic acids is 1. The van der Waals surface area contributed by atoms with E-state index in [2.05, 4.69) is 11.9 Å². The van der Waals surface area contributed by atoms with E-state index >= 15 is 0 Å². The first-order chi connectivity index (χ1) is 6.72. The molecule has 2 N–H and O–H groups in total. The second kappa shape index (κ2) is 5.75. The highest BCUT2D eigenvalue weighted by molar-refractivity contribution is 7.99. The molecule has 78 valence electrons. The average Bonchev–Trinajstić information content (AvgIpc) is 2.52. The maximum Gasteiger partial charge on any atom is 0.309 e. The second-order valence-corrected chi connectivity index (χ2v) is 4.26. The zero-order valence-electron chi connectivity index (χ0n) is 8.25. The standard InChI is InChI=1S/C10H15NO2S/c1-2-3-6-14-9-5-4-8(11-9)7-10(12)13/h4-5,11H,2-3,6-7H2,1H3,(H,12,13). The van der Waals surface area contributed by atoms with Crippen molar-refractivity contribution in [3.05, 3.63) is 17.8 Å². The number of carboxylic acid groups (broad SMARTS) is 1. The Kier molecular flexibility index (Phi) is 4.59. The van der Waals surface area contributed by atoms with E-state index in [1.54, 1.807) is 11.8 Å². The van der Waals surface area contributed by atoms with Crippen molar-refractivity contribution >= 4 is 17.7 Å². The van der Waals surface area contributed by atoms with Gasteiger partial charge in [-0.3, -0.25) is 4.79 Å². The van der Waals surface area contributed by atoms with E-state index in [4.69, 9.17) is 5.11 Å². The third-order valence-corrected chi connectivity index (χ3v) is 2.86. The van der Waals surface area contributed by atoms with Crippen LogP contribution >= 0.6 is 11.8 Å². The number of aromatic nitrogens is 1. The molecule has 0 amide bonds. The summed E-state index contributed by atoms with van der Waals surface area (Å²) < 4.78 is 0. The number of unbranched alkanes of at least 4 members (excludes halogenated alkanes) is 1.